The van der Waals surface area contributed by atoms with E-state index in [0.29, 0.717) is 9.52 Å². The first kappa shape index (κ1) is 18.1. The summed E-state index contributed by atoms with van der Waals surface area (Å²) >= 11 is 11.3. The van der Waals surface area contributed by atoms with Gasteiger partial charge in [0.2, 0.25) is 0 Å². The zero-order valence-electron chi connectivity index (χ0n) is 9.81. The van der Waals surface area contributed by atoms with Gasteiger partial charge >= 0.3 is 0 Å². The molecule has 0 heterocycles. The molecule has 0 amide bonds. The van der Waals surface area contributed by atoms with Gasteiger partial charge in [-0.05, 0) is 6.42 Å². The fourth-order valence-corrected chi connectivity index (χ4v) is 2.77. The summed E-state index contributed by atoms with van der Waals surface area (Å²) in [5.74, 6) is 0. The molecule has 0 N–H and O–H groups in total. The Morgan fingerprint density at radius 3 is 1.80 bits per heavy atom. The van der Waals surface area contributed by atoms with Crippen LogP contribution in [0.2, 0.25) is 12.6 Å². The quantitative estimate of drug-likeness (QED) is 0.308. The molecule has 0 saturated carbocycles. The van der Waals surface area contributed by atoms with Crippen molar-refractivity contribution >= 4 is 32.7 Å². The van der Waals surface area contributed by atoms with Gasteiger partial charge in [-0.25, -0.2) is 0 Å². The number of hydrogen-bond donors (Lipinski definition) is 0. The minimum Gasteiger partial charge on any atom is -0.269 e. The monoisotopic (exact) mass is 274 g/mol. The lowest BCUT2D eigenvalue weighted by Crippen LogP contribution is -1.87. The largest absolute Gasteiger partial charge is 0.269 e. The molecule has 0 fully saturated rings. The molecule has 0 rings (SSSR count). The van der Waals surface area contributed by atoms with Crippen molar-refractivity contribution in [1.29, 1.82) is 0 Å². The van der Waals surface area contributed by atoms with E-state index in [1.165, 1.54) is 44.9 Å². The molecular formula is C11H25Cl2FSi. The lowest BCUT2D eigenvalue weighted by Gasteiger charge is -2.02. The van der Waals surface area contributed by atoms with Crippen molar-refractivity contribution in [2.75, 3.05) is 0 Å². The Hall–Kier alpha value is 0.727. The predicted octanol–water partition coefficient (Wildman–Crippen LogP) is 4.70. The van der Waals surface area contributed by atoms with E-state index in [9.17, 15) is 0 Å². The van der Waals surface area contributed by atoms with Gasteiger partial charge in [0.15, 0.2) is 0 Å². The zero-order chi connectivity index (χ0) is 10.6. The van der Waals surface area contributed by atoms with Gasteiger partial charge in [0, 0.05) is 9.52 Å². The fourth-order valence-electron chi connectivity index (χ4n) is 1.61. The maximum atomic E-state index is 5.64. The van der Waals surface area contributed by atoms with Gasteiger partial charge in [-0.3, -0.25) is 4.70 Å². The highest BCUT2D eigenvalue weighted by molar-refractivity contribution is 6.44. The Labute approximate surface area is 106 Å². The van der Waals surface area contributed by atoms with Crippen molar-refractivity contribution in [2.24, 2.45) is 0 Å². The summed E-state index contributed by atoms with van der Waals surface area (Å²) in [4.78, 5) is -0.149. The van der Waals surface area contributed by atoms with Gasteiger partial charge in [-0.15, -0.1) is 23.2 Å². The van der Waals surface area contributed by atoms with Crippen molar-refractivity contribution < 1.29 is 4.70 Å². The molecule has 0 radical (unpaired) electrons. The maximum absolute atomic E-state index is 5.64. The van der Waals surface area contributed by atoms with Gasteiger partial charge in [-0.1, -0.05) is 57.5 Å². The number of alkyl halides is 2. The Kier molecular flexibility index (Phi) is 17.8. The summed E-state index contributed by atoms with van der Waals surface area (Å²) in [6, 6.07) is 1.54. The topological polar surface area (TPSA) is 0 Å². The van der Waals surface area contributed by atoms with Crippen molar-refractivity contribution in [3.8, 4) is 0 Å². The SMILES string of the molecule is C[SiH2]CCCCCCCCCC(Cl)Cl.F. The van der Waals surface area contributed by atoms with Crippen LogP contribution in [0, 0.1) is 0 Å². The lowest BCUT2D eigenvalue weighted by molar-refractivity contribution is 0.582. The zero-order valence-corrected chi connectivity index (χ0v) is 12.7. The van der Waals surface area contributed by atoms with Crippen LogP contribution in [-0.2, 0) is 0 Å². The standard InChI is InChI=1S/C11H24Cl2Si.FH/c1-14-10-8-6-4-2-3-5-7-9-11(12)13;/h11H,2-10,14H2,1H3;1H. The molecule has 0 aromatic heterocycles. The van der Waals surface area contributed by atoms with Crippen LogP contribution in [-0.4, -0.2) is 14.4 Å². The first-order valence-electron chi connectivity index (χ1n) is 6.05. The second-order valence-corrected chi connectivity index (χ2v) is 6.99. The van der Waals surface area contributed by atoms with Crippen molar-refractivity contribution in [3.05, 3.63) is 0 Å². The van der Waals surface area contributed by atoms with Crippen molar-refractivity contribution in [3.63, 3.8) is 0 Å². The second kappa shape index (κ2) is 14.7. The molecule has 15 heavy (non-hydrogen) atoms. The first-order valence-corrected chi connectivity index (χ1v) is 9.34. The van der Waals surface area contributed by atoms with Gasteiger partial charge in [0.25, 0.3) is 0 Å². The molecule has 0 unspecified atom stereocenters. The number of rotatable bonds is 10. The Morgan fingerprint density at radius 1 is 0.867 bits per heavy atom. The fraction of sp³-hybridized carbons (Fsp3) is 1.00. The Morgan fingerprint density at radius 2 is 1.33 bits per heavy atom. The van der Waals surface area contributed by atoms with Crippen LogP contribution in [0.5, 0.6) is 0 Å². The average Bonchev–Trinajstić information content (AvgIpc) is 2.15. The van der Waals surface area contributed by atoms with Crippen LogP contribution in [0.15, 0.2) is 0 Å². The summed E-state index contributed by atoms with van der Waals surface area (Å²) in [6.07, 6.45) is 10.6. The number of unbranched alkanes of at least 4 members (excludes halogenated alkanes) is 6. The van der Waals surface area contributed by atoms with Gasteiger partial charge in [0.1, 0.15) is 4.84 Å². The summed E-state index contributed by atoms with van der Waals surface area (Å²) < 4.78 is 0. The number of halogens is 3. The maximum Gasteiger partial charge on any atom is 0.107 e. The molecule has 0 aliphatic carbocycles. The minimum absolute atomic E-state index is 0. The molecule has 0 spiro atoms. The minimum atomic E-state index is -0.149. The molecule has 4 heteroatoms. The molecule has 0 aromatic carbocycles. The van der Waals surface area contributed by atoms with E-state index >= 15 is 0 Å². The third kappa shape index (κ3) is 17.3. The Bertz CT molecular complexity index is 113. The molecule has 94 valence electrons. The average molecular weight is 275 g/mol. The molecule has 0 aliphatic rings. The van der Waals surface area contributed by atoms with Crippen LogP contribution in [0.1, 0.15) is 51.4 Å². The second-order valence-electron chi connectivity index (χ2n) is 4.01. The first-order chi connectivity index (χ1) is 6.77. The number of hydrogen-bond acceptors (Lipinski definition) is 0. The summed E-state index contributed by atoms with van der Waals surface area (Å²) in [7, 11) is 0.328. The van der Waals surface area contributed by atoms with Crippen molar-refractivity contribution in [2.45, 2.75) is 68.8 Å². The molecule has 0 aromatic rings. The molecule has 0 bridgehead atoms. The van der Waals surface area contributed by atoms with Crippen LogP contribution in [0.3, 0.4) is 0 Å². The van der Waals surface area contributed by atoms with E-state index in [1.807, 2.05) is 0 Å². The summed E-state index contributed by atoms with van der Waals surface area (Å²) in [5, 5.41) is 0. The van der Waals surface area contributed by atoms with E-state index in [-0.39, 0.29) is 9.54 Å². The molecule has 0 saturated heterocycles. The molecule has 0 atom stereocenters. The van der Waals surface area contributed by atoms with E-state index in [1.54, 1.807) is 6.04 Å². The van der Waals surface area contributed by atoms with Crippen LogP contribution in [0.4, 0.5) is 4.70 Å². The van der Waals surface area contributed by atoms with Gasteiger partial charge in [0.05, 0.1) is 0 Å². The van der Waals surface area contributed by atoms with Crippen LogP contribution in [0.25, 0.3) is 0 Å². The lowest BCUT2D eigenvalue weighted by atomic mass is 10.1. The summed E-state index contributed by atoms with van der Waals surface area (Å²) in [6.45, 7) is 2.40. The highest BCUT2D eigenvalue weighted by Crippen LogP contribution is 2.14. The van der Waals surface area contributed by atoms with Crippen molar-refractivity contribution in [1.82, 2.24) is 0 Å². The van der Waals surface area contributed by atoms with E-state index in [4.69, 9.17) is 23.2 Å². The van der Waals surface area contributed by atoms with Crippen LogP contribution >= 0.6 is 23.2 Å². The third-order valence-corrected chi connectivity index (χ3v) is 4.17. The highest BCUT2D eigenvalue weighted by atomic mass is 35.5. The van der Waals surface area contributed by atoms with E-state index in [0.717, 1.165) is 6.42 Å². The third-order valence-electron chi connectivity index (χ3n) is 2.53. The van der Waals surface area contributed by atoms with E-state index in [2.05, 4.69) is 6.55 Å². The smallest absolute Gasteiger partial charge is 0.107 e. The van der Waals surface area contributed by atoms with Gasteiger partial charge < -0.3 is 0 Å². The summed E-state index contributed by atoms with van der Waals surface area (Å²) in [5.41, 5.74) is 0. The van der Waals surface area contributed by atoms with Crippen LogP contribution < -0.4 is 0 Å². The predicted molar refractivity (Wildman–Crippen MR) is 74.1 cm³/mol. The Balaban J connectivity index is 0. The molecule has 0 aliphatic heterocycles. The van der Waals surface area contributed by atoms with E-state index < -0.39 is 0 Å². The normalized spacial score (nSPS) is 11.2. The molecule has 0 nitrogen and oxygen atoms in total. The highest BCUT2D eigenvalue weighted by Gasteiger charge is 1.97. The molecular weight excluding hydrogens is 250 g/mol. The van der Waals surface area contributed by atoms with Gasteiger partial charge in [-0.2, -0.15) is 0 Å².